The van der Waals surface area contributed by atoms with Crippen LogP contribution in [0.25, 0.3) is 0 Å². The molecule has 0 aliphatic carbocycles. The lowest BCUT2D eigenvalue weighted by atomic mass is 10.1. The van der Waals surface area contributed by atoms with Gasteiger partial charge in [0.15, 0.2) is 0 Å². The van der Waals surface area contributed by atoms with Gasteiger partial charge in [0.05, 0.1) is 12.9 Å². The summed E-state index contributed by atoms with van der Waals surface area (Å²) in [6, 6.07) is 5.61. The van der Waals surface area contributed by atoms with Crippen molar-refractivity contribution in [3.05, 3.63) is 28.8 Å². The van der Waals surface area contributed by atoms with Crippen molar-refractivity contribution in [2.45, 2.75) is 20.4 Å². The zero-order valence-electron chi connectivity index (χ0n) is 11.7. The molecule has 0 aliphatic heterocycles. The van der Waals surface area contributed by atoms with Crippen LogP contribution in [-0.4, -0.2) is 30.9 Å². The Hall–Kier alpha value is -1.26. The number of rotatable bonds is 7. The lowest BCUT2D eigenvalue weighted by molar-refractivity contribution is 0.258. The molecule has 5 heteroatoms. The molecule has 0 fully saturated rings. The topological polar surface area (TPSA) is 62.3 Å². The number of benzene rings is 1. The van der Waals surface area contributed by atoms with Crippen LogP contribution in [0, 0.1) is 11.3 Å². The Bertz CT molecular complexity index is 437. The van der Waals surface area contributed by atoms with Crippen LogP contribution in [0.4, 0.5) is 0 Å². The van der Waals surface area contributed by atoms with Crippen LogP contribution >= 0.6 is 11.6 Å². The predicted octanol–water partition coefficient (Wildman–Crippen LogP) is 2.74. The third-order valence-electron chi connectivity index (χ3n) is 3.15. The molecule has 0 bridgehead atoms. The van der Waals surface area contributed by atoms with Crippen LogP contribution in [-0.2, 0) is 6.54 Å². The number of ether oxygens (including phenoxy) is 1. The molecule has 0 saturated heterocycles. The number of halogens is 1. The third kappa shape index (κ3) is 4.73. The van der Waals surface area contributed by atoms with Gasteiger partial charge in [-0.1, -0.05) is 25.4 Å². The number of hydrogen-bond donors (Lipinski definition) is 2. The van der Waals surface area contributed by atoms with Gasteiger partial charge in [0.25, 0.3) is 0 Å². The zero-order chi connectivity index (χ0) is 14.4. The van der Waals surface area contributed by atoms with Gasteiger partial charge in [-0.3, -0.25) is 10.3 Å². The molecule has 1 aromatic carbocycles. The van der Waals surface area contributed by atoms with E-state index in [4.69, 9.17) is 27.5 Å². The van der Waals surface area contributed by atoms with Crippen molar-refractivity contribution in [2.24, 2.45) is 11.7 Å². The molecule has 106 valence electrons. The second-order valence-electron chi connectivity index (χ2n) is 4.64. The average molecular weight is 284 g/mol. The van der Waals surface area contributed by atoms with Crippen LogP contribution in [0.5, 0.6) is 5.75 Å². The molecule has 0 aliphatic rings. The molecule has 4 nitrogen and oxygen atoms in total. The lowest BCUT2D eigenvalue weighted by Crippen LogP contribution is -2.34. The molecule has 1 unspecified atom stereocenters. The van der Waals surface area contributed by atoms with Gasteiger partial charge in [-0.25, -0.2) is 0 Å². The second kappa shape index (κ2) is 7.36. The highest BCUT2D eigenvalue weighted by Gasteiger charge is 2.13. The van der Waals surface area contributed by atoms with E-state index in [2.05, 4.69) is 11.8 Å². The van der Waals surface area contributed by atoms with Crippen molar-refractivity contribution in [3.63, 3.8) is 0 Å². The Morgan fingerprint density at radius 3 is 2.74 bits per heavy atom. The summed E-state index contributed by atoms with van der Waals surface area (Å²) in [5.74, 6) is 1.10. The minimum atomic E-state index is 0.0464. The van der Waals surface area contributed by atoms with Crippen LogP contribution in [0.1, 0.15) is 19.4 Å². The van der Waals surface area contributed by atoms with E-state index in [9.17, 15) is 0 Å². The summed E-state index contributed by atoms with van der Waals surface area (Å²) in [6.45, 7) is 6.41. The molecule has 1 atom stereocenters. The van der Waals surface area contributed by atoms with Gasteiger partial charge in [0.1, 0.15) is 5.75 Å². The molecular formula is C14H22ClN3O. The van der Waals surface area contributed by atoms with Crippen LogP contribution in [0.15, 0.2) is 18.2 Å². The monoisotopic (exact) mass is 283 g/mol. The van der Waals surface area contributed by atoms with Gasteiger partial charge in [0, 0.05) is 29.6 Å². The molecule has 0 saturated carbocycles. The molecule has 1 aromatic rings. The van der Waals surface area contributed by atoms with E-state index in [0.29, 0.717) is 5.02 Å². The molecule has 3 N–H and O–H groups in total. The summed E-state index contributed by atoms with van der Waals surface area (Å²) in [7, 11) is 1.65. The van der Waals surface area contributed by atoms with Gasteiger partial charge in [0.2, 0.25) is 0 Å². The molecule has 0 radical (unpaired) electrons. The fourth-order valence-electron chi connectivity index (χ4n) is 1.90. The minimum Gasteiger partial charge on any atom is -0.496 e. The Morgan fingerprint density at radius 2 is 2.21 bits per heavy atom. The highest BCUT2D eigenvalue weighted by atomic mass is 35.5. The van der Waals surface area contributed by atoms with Crippen molar-refractivity contribution in [3.8, 4) is 5.75 Å². The van der Waals surface area contributed by atoms with Gasteiger partial charge < -0.3 is 10.5 Å². The third-order valence-corrected chi connectivity index (χ3v) is 3.38. The van der Waals surface area contributed by atoms with Gasteiger partial charge in [-0.05, 0) is 24.7 Å². The maximum atomic E-state index is 7.47. The fourth-order valence-corrected chi connectivity index (χ4v) is 2.10. The maximum Gasteiger partial charge on any atom is 0.123 e. The van der Waals surface area contributed by atoms with E-state index < -0.39 is 0 Å². The smallest absolute Gasteiger partial charge is 0.123 e. The maximum absolute atomic E-state index is 7.47. The molecule has 19 heavy (non-hydrogen) atoms. The second-order valence-corrected chi connectivity index (χ2v) is 5.08. The van der Waals surface area contributed by atoms with Gasteiger partial charge in [-0.2, -0.15) is 0 Å². The van der Waals surface area contributed by atoms with E-state index >= 15 is 0 Å². The highest BCUT2D eigenvalue weighted by molar-refractivity contribution is 6.30. The van der Waals surface area contributed by atoms with Crippen molar-refractivity contribution >= 4 is 17.4 Å². The largest absolute Gasteiger partial charge is 0.496 e. The molecule has 0 spiro atoms. The SMILES string of the molecule is CCN(Cc1cc(Cl)ccc1OC)CC(C)C(=N)N. The number of methoxy groups -OCH3 is 1. The van der Waals surface area contributed by atoms with E-state index in [-0.39, 0.29) is 11.8 Å². The summed E-state index contributed by atoms with van der Waals surface area (Å²) in [4.78, 5) is 2.22. The molecular weight excluding hydrogens is 262 g/mol. The Labute approximate surface area is 120 Å². The standard InChI is InChI=1S/C14H22ClN3O/c1-4-18(8-10(2)14(16)17)9-11-7-12(15)5-6-13(11)19-3/h5-7,10H,4,8-9H2,1-3H3,(H3,16,17). The average Bonchev–Trinajstić information content (AvgIpc) is 2.37. The first kappa shape index (κ1) is 15.8. The van der Waals surface area contributed by atoms with Crippen LogP contribution in [0.2, 0.25) is 5.02 Å². The minimum absolute atomic E-state index is 0.0464. The van der Waals surface area contributed by atoms with E-state index in [1.807, 2.05) is 25.1 Å². The van der Waals surface area contributed by atoms with Crippen molar-refractivity contribution in [1.29, 1.82) is 5.41 Å². The number of nitrogens with two attached hydrogens (primary N) is 1. The number of nitrogens with one attached hydrogen (secondary N) is 1. The van der Waals surface area contributed by atoms with Crippen molar-refractivity contribution in [2.75, 3.05) is 20.2 Å². The van der Waals surface area contributed by atoms with Gasteiger partial charge in [-0.15, -0.1) is 0 Å². The Balaban J connectivity index is 2.80. The van der Waals surface area contributed by atoms with E-state index in [0.717, 1.165) is 30.9 Å². The number of hydrogen-bond acceptors (Lipinski definition) is 3. The van der Waals surface area contributed by atoms with Crippen LogP contribution in [0.3, 0.4) is 0 Å². The first-order valence-corrected chi connectivity index (χ1v) is 6.74. The van der Waals surface area contributed by atoms with E-state index in [1.165, 1.54) is 0 Å². The fraction of sp³-hybridized carbons (Fsp3) is 0.500. The molecule has 0 heterocycles. The summed E-state index contributed by atoms with van der Waals surface area (Å²) in [5.41, 5.74) is 6.57. The van der Waals surface area contributed by atoms with Crippen LogP contribution < -0.4 is 10.5 Å². The van der Waals surface area contributed by atoms with Crippen molar-refractivity contribution in [1.82, 2.24) is 4.90 Å². The first-order valence-electron chi connectivity index (χ1n) is 6.36. The number of amidine groups is 1. The normalized spacial score (nSPS) is 12.5. The van der Waals surface area contributed by atoms with E-state index in [1.54, 1.807) is 7.11 Å². The summed E-state index contributed by atoms with van der Waals surface area (Å²) < 4.78 is 5.35. The van der Waals surface area contributed by atoms with Crippen molar-refractivity contribution < 1.29 is 4.74 Å². The number of nitrogens with zero attached hydrogens (tertiary/aromatic N) is 1. The molecule has 1 rings (SSSR count). The predicted molar refractivity (Wildman–Crippen MR) is 80.0 cm³/mol. The Kier molecular flexibility index (Phi) is 6.12. The summed E-state index contributed by atoms with van der Waals surface area (Å²) in [5, 5.41) is 8.17. The summed E-state index contributed by atoms with van der Waals surface area (Å²) in [6.07, 6.45) is 0. The first-order chi connectivity index (χ1) is 8.97. The molecule has 0 amide bonds. The molecule has 0 aromatic heterocycles. The highest BCUT2D eigenvalue weighted by Crippen LogP contribution is 2.24. The lowest BCUT2D eigenvalue weighted by Gasteiger charge is -2.24. The quantitative estimate of drug-likeness (QED) is 0.597. The zero-order valence-corrected chi connectivity index (χ0v) is 12.5. The summed E-state index contributed by atoms with van der Waals surface area (Å²) >= 11 is 6.03. The van der Waals surface area contributed by atoms with Gasteiger partial charge >= 0.3 is 0 Å². The Morgan fingerprint density at radius 1 is 1.53 bits per heavy atom.